The third kappa shape index (κ3) is 33.7. The number of primary amides is 1. The van der Waals surface area contributed by atoms with Crippen molar-refractivity contribution in [2.45, 2.75) is 201 Å². The molecule has 6 fully saturated rings. The quantitative estimate of drug-likeness (QED) is 0.158. The van der Waals surface area contributed by atoms with E-state index in [2.05, 4.69) is 141 Å². The first kappa shape index (κ1) is 69.7. The molecule has 6 rings (SSSR count). The minimum atomic E-state index is -0.408. The van der Waals surface area contributed by atoms with Crippen LogP contribution < -0.4 is 11.1 Å². The molecular weight excluding hydrogens is 937 g/mol. The molecule has 0 aromatic heterocycles. The van der Waals surface area contributed by atoms with Crippen LogP contribution in [0.3, 0.4) is 0 Å². The standard InChI is InChI=1S/C15H28N2O2.C13H28N2.C12H25NO.C11H22N2O.C11H23NO/c1-15(2,3)12-16-6-4-13(5-7-16)14(18)17-8-10-19-11-9-17;1-5-14-10-12-6-8-15(9-7-12)11-13(2,3)4;1-10(14)11-5-7-13(8-6-11)9-12(2,3)4;1-11(2,3)8-13-6-4-5-9(7-13)10(12)14;1-10(2,3)9-12-7-5-11(4,13)6-8-12/h13H,4-12H2,1-3H3;12,14H,5-11H2,1-4H3;10-11,14H,5-9H2,1-4H3;9H,4-8H2,1-3H3,(H2,12,14);13H,5-9H2,1-4H3. The number of nitrogens with one attached hydrogen (secondary N) is 1. The molecule has 13 nitrogen and oxygen atoms in total. The van der Waals surface area contributed by atoms with E-state index in [9.17, 15) is 19.8 Å². The van der Waals surface area contributed by atoms with Crippen LogP contribution in [0.2, 0.25) is 0 Å². The predicted octanol–water partition coefficient (Wildman–Crippen LogP) is 9.19. The van der Waals surface area contributed by atoms with Gasteiger partial charge in [-0.1, -0.05) is 111 Å². The van der Waals surface area contributed by atoms with Crippen molar-refractivity contribution in [1.29, 1.82) is 0 Å². The Labute approximate surface area is 463 Å². The Morgan fingerprint density at radius 2 is 0.960 bits per heavy atom. The van der Waals surface area contributed by atoms with E-state index >= 15 is 0 Å². The van der Waals surface area contributed by atoms with Gasteiger partial charge in [0.1, 0.15) is 0 Å². The van der Waals surface area contributed by atoms with Gasteiger partial charge in [-0.05, 0) is 176 Å². The minimum Gasteiger partial charge on any atom is -0.393 e. The summed E-state index contributed by atoms with van der Waals surface area (Å²) in [7, 11) is 0. The number of morpholine rings is 1. The fourth-order valence-corrected chi connectivity index (χ4v) is 11.6. The number of carbonyl (C=O) groups excluding carboxylic acids is 2. The summed E-state index contributed by atoms with van der Waals surface area (Å²) in [6, 6.07) is 0. The number of nitrogens with zero attached hydrogens (tertiary/aromatic N) is 6. The average Bonchev–Trinajstić information content (AvgIpc) is 3.28. The maximum absolute atomic E-state index is 12.4. The molecule has 6 aliphatic heterocycles. The Kier molecular flexibility index (Phi) is 30.4. The lowest BCUT2D eigenvalue weighted by atomic mass is 9.89. The summed E-state index contributed by atoms with van der Waals surface area (Å²) in [5.41, 5.74) is 6.80. The van der Waals surface area contributed by atoms with Crippen LogP contribution >= 0.6 is 0 Å². The number of piperidine rings is 5. The molecule has 6 saturated heterocycles. The highest BCUT2D eigenvalue weighted by atomic mass is 16.5. The topological polar surface area (TPSA) is 141 Å². The number of amides is 2. The summed E-state index contributed by atoms with van der Waals surface area (Å²) in [5.74, 6) is 2.00. The third-order valence-electron chi connectivity index (χ3n) is 15.3. The summed E-state index contributed by atoms with van der Waals surface area (Å²) in [6.07, 6.45) is 10.9. The molecular formula is C62H126N8O5. The van der Waals surface area contributed by atoms with Gasteiger partial charge in [0.05, 0.1) is 30.8 Å². The van der Waals surface area contributed by atoms with Crippen LogP contribution in [-0.2, 0) is 14.3 Å². The smallest absolute Gasteiger partial charge is 0.225 e. The van der Waals surface area contributed by atoms with Crippen LogP contribution in [0.1, 0.15) is 189 Å². The van der Waals surface area contributed by atoms with Crippen molar-refractivity contribution < 1.29 is 24.5 Å². The van der Waals surface area contributed by atoms with Gasteiger partial charge in [0, 0.05) is 71.4 Å². The highest BCUT2D eigenvalue weighted by Gasteiger charge is 2.32. The summed E-state index contributed by atoms with van der Waals surface area (Å²) < 4.78 is 5.31. The molecule has 75 heavy (non-hydrogen) atoms. The zero-order valence-corrected chi connectivity index (χ0v) is 52.7. The fourth-order valence-electron chi connectivity index (χ4n) is 11.6. The van der Waals surface area contributed by atoms with Crippen molar-refractivity contribution in [2.75, 3.05) is 138 Å². The Hall–Kier alpha value is -1.42. The number of hydrogen-bond donors (Lipinski definition) is 4. The second kappa shape index (κ2) is 32.7. The maximum Gasteiger partial charge on any atom is 0.225 e. The Balaban J connectivity index is 0.000000323. The van der Waals surface area contributed by atoms with Crippen molar-refractivity contribution >= 4 is 11.8 Å². The molecule has 444 valence electrons. The van der Waals surface area contributed by atoms with Crippen LogP contribution in [0, 0.1) is 50.7 Å². The molecule has 5 N–H and O–H groups in total. The van der Waals surface area contributed by atoms with Gasteiger partial charge in [0.15, 0.2) is 0 Å². The maximum atomic E-state index is 12.4. The molecule has 0 bridgehead atoms. The number of likely N-dealkylation sites (tertiary alicyclic amines) is 5. The monoisotopic (exact) mass is 1060 g/mol. The Bertz CT molecular complexity index is 1520. The molecule has 0 aromatic rings. The normalized spacial score (nSPS) is 23.5. The number of carbonyl (C=O) groups is 2. The second-order valence-electron chi connectivity index (χ2n) is 30.4. The van der Waals surface area contributed by atoms with Crippen LogP contribution in [0.4, 0.5) is 0 Å². The van der Waals surface area contributed by atoms with Crippen molar-refractivity contribution in [2.24, 2.45) is 56.5 Å². The molecule has 2 amide bonds. The van der Waals surface area contributed by atoms with Crippen molar-refractivity contribution in [3.8, 4) is 0 Å². The van der Waals surface area contributed by atoms with Crippen molar-refractivity contribution in [1.82, 2.24) is 34.7 Å². The zero-order chi connectivity index (χ0) is 56.8. The van der Waals surface area contributed by atoms with Gasteiger partial charge in [0.25, 0.3) is 0 Å². The molecule has 0 saturated carbocycles. The Morgan fingerprint density at radius 1 is 0.573 bits per heavy atom. The fraction of sp³-hybridized carbons (Fsp3) is 0.968. The largest absolute Gasteiger partial charge is 0.393 e. The second-order valence-corrected chi connectivity index (χ2v) is 30.4. The van der Waals surface area contributed by atoms with Gasteiger partial charge < -0.3 is 55.4 Å². The van der Waals surface area contributed by atoms with E-state index in [1.165, 1.54) is 45.6 Å². The van der Waals surface area contributed by atoms with E-state index in [1.807, 2.05) is 18.7 Å². The zero-order valence-electron chi connectivity index (χ0n) is 52.7. The van der Waals surface area contributed by atoms with Gasteiger partial charge in [-0.3, -0.25) is 9.59 Å². The molecule has 13 heteroatoms. The van der Waals surface area contributed by atoms with Gasteiger partial charge in [0.2, 0.25) is 11.8 Å². The molecule has 0 spiro atoms. The van der Waals surface area contributed by atoms with Crippen molar-refractivity contribution in [3.05, 3.63) is 0 Å². The van der Waals surface area contributed by atoms with Gasteiger partial charge in [-0.25, -0.2) is 0 Å². The molecule has 2 atom stereocenters. The van der Waals surface area contributed by atoms with Crippen LogP contribution in [-0.4, -0.2) is 201 Å². The molecule has 0 radical (unpaired) electrons. The number of aliphatic hydroxyl groups excluding tert-OH is 1. The van der Waals surface area contributed by atoms with E-state index in [-0.39, 0.29) is 23.8 Å². The lowest BCUT2D eigenvalue weighted by Gasteiger charge is -2.38. The summed E-state index contributed by atoms with van der Waals surface area (Å²) in [4.78, 5) is 37.9. The van der Waals surface area contributed by atoms with Gasteiger partial charge in [-0.15, -0.1) is 0 Å². The van der Waals surface area contributed by atoms with Crippen molar-refractivity contribution in [3.63, 3.8) is 0 Å². The predicted molar refractivity (Wildman–Crippen MR) is 317 cm³/mol. The SMILES string of the molecule is CC(C)(C)CN1CCC(C(=O)N2CCOCC2)CC1.CC(C)(C)CN1CCC(C)(O)CC1.CC(C)(C)CN1CCCC(C(N)=O)C1.CC(O)C1CCN(CC(C)(C)C)CC1.CCNCC1CCN(CC(C)(C)C)CC1. The molecule has 6 aliphatic rings. The summed E-state index contributed by atoms with van der Waals surface area (Å²) in [6.45, 7) is 62.4. The number of nitrogens with two attached hydrogens (primary N) is 1. The molecule has 6 heterocycles. The molecule has 2 unspecified atom stereocenters. The van der Waals surface area contributed by atoms with Crippen LogP contribution in [0.25, 0.3) is 0 Å². The number of hydrogen-bond acceptors (Lipinski definition) is 11. The highest BCUT2D eigenvalue weighted by Crippen LogP contribution is 2.28. The van der Waals surface area contributed by atoms with E-state index in [0.717, 1.165) is 149 Å². The van der Waals surface area contributed by atoms with E-state index < -0.39 is 5.60 Å². The highest BCUT2D eigenvalue weighted by molar-refractivity contribution is 5.79. The van der Waals surface area contributed by atoms with E-state index in [4.69, 9.17) is 10.5 Å². The third-order valence-corrected chi connectivity index (χ3v) is 15.3. The number of aliphatic hydroxyl groups is 2. The number of rotatable bonds is 11. The average molecular weight is 1060 g/mol. The van der Waals surface area contributed by atoms with E-state index in [1.54, 1.807) is 0 Å². The lowest BCUT2D eigenvalue weighted by molar-refractivity contribution is -0.141. The lowest BCUT2D eigenvalue weighted by Crippen LogP contribution is -2.47. The summed E-state index contributed by atoms with van der Waals surface area (Å²) >= 11 is 0. The number of ether oxygens (including phenoxy) is 1. The first-order valence-electron chi connectivity index (χ1n) is 30.4. The van der Waals surface area contributed by atoms with E-state index in [0.29, 0.717) is 52.1 Å². The first-order valence-corrected chi connectivity index (χ1v) is 30.4. The minimum absolute atomic E-state index is 0.0751. The van der Waals surface area contributed by atoms with Crippen LogP contribution in [0.5, 0.6) is 0 Å². The summed E-state index contributed by atoms with van der Waals surface area (Å²) in [5, 5.41) is 22.7. The molecule has 0 aliphatic carbocycles. The first-order chi connectivity index (χ1) is 34.5. The van der Waals surface area contributed by atoms with Gasteiger partial charge in [-0.2, -0.15) is 0 Å². The van der Waals surface area contributed by atoms with Gasteiger partial charge >= 0.3 is 0 Å². The molecule has 0 aromatic carbocycles. The van der Waals surface area contributed by atoms with Crippen LogP contribution in [0.15, 0.2) is 0 Å². The Morgan fingerprint density at radius 3 is 1.35 bits per heavy atom.